The summed E-state index contributed by atoms with van der Waals surface area (Å²) in [5.74, 6) is 2.48. The number of nitrogens with zero attached hydrogens (tertiary/aromatic N) is 2. The summed E-state index contributed by atoms with van der Waals surface area (Å²) in [6.45, 7) is 0.274. The fourth-order valence-corrected chi connectivity index (χ4v) is 5.05. The Hall–Kier alpha value is -2.51. The van der Waals surface area contributed by atoms with Crippen LogP contribution in [0.2, 0.25) is 0 Å². The van der Waals surface area contributed by atoms with Gasteiger partial charge in [0.2, 0.25) is 13.0 Å². The number of hydrogen-bond donors (Lipinski definition) is 0. The highest BCUT2D eigenvalue weighted by Crippen LogP contribution is 2.49. The maximum atomic E-state index is 6.37. The van der Waals surface area contributed by atoms with Crippen LogP contribution < -0.4 is 14.2 Å². The number of halogens is 1. The molecule has 1 aromatic heterocycles. The Balaban J connectivity index is 1.44. The van der Waals surface area contributed by atoms with Crippen molar-refractivity contribution >= 4 is 33.0 Å². The second-order valence-corrected chi connectivity index (χ2v) is 8.78. The van der Waals surface area contributed by atoms with Gasteiger partial charge < -0.3 is 14.2 Å². The standard InChI is InChI=1S/C21H15BrN2O3S/c22-13-4-6-17-14(9-13)16-10-15(12-3-5-18-19(8-12)26-11-25-18)23-24(16)21(27-17)20-2-1-7-28-20/h1-9,16,21H,10-11H2/t16-,21+/m1/s1. The van der Waals surface area contributed by atoms with Crippen molar-refractivity contribution in [1.82, 2.24) is 5.01 Å². The third-order valence-electron chi connectivity index (χ3n) is 5.24. The Bertz CT molecular complexity index is 1100. The predicted octanol–water partition coefficient (Wildman–Crippen LogP) is 5.48. The second-order valence-electron chi connectivity index (χ2n) is 6.88. The molecule has 0 amide bonds. The molecule has 2 aromatic carbocycles. The highest BCUT2D eigenvalue weighted by Gasteiger charge is 2.41. The van der Waals surface area contributed by atoms with Crippen LogP contribution in [0.1, 0.15) is 34.7 Å². The fourth-order valence-electron chi connectivity index (χ4n) is 3.93. The summed E-state index contributed by atoms with van der Waals surface area (Å²) in [6.07, 6.45) is 0.596. The second kappa shape index (κ2) is 6.25. The van der Waals surface area contributed by atoms with E-state index in [2.05, 4.69) is 38.5 Å². The first kappa shape index (κ1) is 16.4. The van der Waals surface area contributed by atoms with Crippen LogP contribution in [0.4, 0.5) is 0 Å². The Labute approximate surface area is 174 Å². The Morgan fingerprint density at radius 1 is 1.04 bits per heavy atom. The fraction of sp³-hybridized carbons (Fsp3) is 0.190. The molecule has 0 spiro atoms. The van der Waals surface area contributed by atoms with Crippen LogP contribution in [0.25, 0.3) is 0 Å². The summed E-state index contributed by atoms with van der Waals surface area (Å²) in [4.78, 5) is 1.15. The molecular weight excluding hydrogens is 440 g/mol. The van der Waals surface area contributed by atoms with Crippen LogP contribution in [-0.4, -0.2) is 17.5 Å². The smallest absolute Gasteiger partial charge is 0.231 e. The summed E-state index contributed by atoms with van der Waals surface area (Å²) in [7, 11) is 0. The van der Waals surface area contributed by atoms with Gasteiger partial charge in [-0.25, -0.2) is 5.01 Å². The summed E-state index contributed by atoms with van der Waals surface area (Å²) in [5, 5.41) is 9.16. The van der Waals surface area contributed by atoms with E-state index in [4.69, 9.17) is 19.3 Å². The van der Waals surface area contributed by atoms with E-state index in [1.54, 1.807) is 11.3 Å². The Morgan fingerprint density at radius 3 is 2.82 bits per heavy atom. The monoisotopic (exact) mass is 454 g/mol. The van der Waals surface area contributed by atoms with Crippen molar-refractivity contribution in [3.05, 3.63) is 74.4 Å². The number of hydrogen-bond acceptors (Lipinski definition) is 6. The average Bonchev–Trinajstić information content (AvgIpc) is 3.46. The van der Waals surface area contributed by atoms with Crippen LogP contribution in [-0.2, 0) is 0 Å². The lowest BCUT2D eigenvalue weighted by molar-refractivity contribution is -0.0166. The number of thiophene rings is 1. The highest BCUT2D eigenvalue weighted by atomic mass is 79.9. The maximum Gasteiger partial charge on any atom is 0.231 e. The zero-order valence-electron chi connectivity index (χ0n) is 14.7. The van der Waals surface area contributed by atoms with Crippen LogP contribution in [0.3, 0.4) is 0 Å². The Kier molecular flexibility index (Phi) is 3.67. The molecule has 0 radical (unpaired) electrons. The third kappa shape index (κ3) is 2.53. The molecule has 0 fully saturated rings. The van der Waals surface area contributed by atoms with Gasteiger partial charge in [-0.1, -0.05) is 22.0 Å². The molecule has 0 bridgehead atoms. The zero-order valence-corrected chi connectivity index (χ0v) is 17.1. The Morgan fingerprint density at radius 2 is 1.93 bits per heavy atom. The van der Waals surface area contributed by atoms with Crippen molar-refractivity contribution in [3.8, 4) is 17.2 Å². The molecule has 3 aliphatic rings. The molecule has 3 aliphatic heterocycles. The zero-order chi connectivity index (χ0) is 18.7. The van der Waals surface area contributed by atoms with Gasteiger partial charge in [-0.2, -0.15) is 5.10 Å². The molecule has 0 unspecified atom stereocenters. The van der Waals surface area contributed by atoms with E-state index in [0.717, 1.165) is 49.9 Å². The van der Waals surface area contributed by atoms with E-state index >= 15 is 0 Å². The number of hydrazone groups is 1. The van der Waals surface area contributed by atoms with Crippen molar-refractivity contribution in [1.29, 1.82) is 0 Å². The van der Waals surface area contributed by atoms with Gasteiger partial charge in [0, 0.05) is 22.0 Å². The van der Waals surface area contributed by atoms with Gasteiger partial charge >= 0.3 is 0 Å². The van der Waals surface area contributed by atoms with Crippen molar-refractivity contribution in [2.75, 3.05) is 6.79 Å². The van der Waals surface area contributed by atoms with E-state index in [1.807, 2.05) is 36.4 Å². The summed E-state index contributed by atoms with van der Waals surface area (Å²) >= 11 is 5.28. The lowest BCUT2D eigenvalue weighted by Gasteiger charge is -2.37. The molecular formula is C21H15BrN2O3S. The topological polar surface area (TPSA) is 43.3 Å². The molecule has 6 rings (SSSR count). The normalized spacial score (nSPS) is 21.8. The molecule has 4 heterocycles. The predicted molar refractivity (Wildman–Crippen MR) is 110 cm³/mol. The van der Waals surface area contributed by atoms with Crippen molar-refractivity contribution in [2.45, 2.75) is 18.7 Å². The lowest BCUT2D eigenvalue weighted by Crippen LogP contribution is -2.33. The minimum atomic E-state index is -0.217. The molecule has 0 saturated heterocycles. The van der Waals surface area contributed by atoms with Gasteiger partial charge in [-0.05, 0) is 47.8 Å². The van der Waals surface area contributed by atoms with E-state index < -0.39 is 0 Å². The number of ether oxygens (including phenoxy) is 3. The van der Waals surface area contributed by atoms with E-state index in [1.165, 1.54) is 0 Å². The molecule has 28 heavy (non-hydrogen) atoms. The highest BCUT2D eigenvalue weighted by molar-refractivity contribution is 9.10. The summed E-state index contributed by atoms with van der Waals surface area (Å²) < 4.78 is 18.4. The van der Waals surface area contributed by atoms with E-state index in [0.29, 0.717) is 0 Å². The molecule has 0 saturated carbocycles. The van der Waals surface area contributed by atoms with Crippen LogP contribution in [0.5, 0.6) is 17.2 Å². The van der Waals surface area contributed by atoms with Gasteiger partial charge in [0.05, 0.1) is 16.6 Å². The number of benzene rings is 2. The SMILES string of the molecule is Brc1ccc2c(c1)[C@H]1CC(c3ccc4c(c3)OCO4)=NN1[C@H](c1cccs1)O2. The molecule has 7 heteroatoms. The molecule has 0 N–H and O–H groups in total. The molecule has 140 valence electrons. The van der Waals surface area contributed by atoms with Crippen LogP contribution >= 0.6 is 27.3 Å². The minimum absolute atomic E-state index is 0.133. The van der Waals surface area contributed by atoms with Crippen LogP contribution in [0, 0.1) is 0 Å². The van der Waals surface area contributed by atoms with Gasteiger partial charge in [-0.3, -0.25) is 0 Å². The first-order valence-electron chi connectivity index (χ1n) is 9.01. The molecule has 2 atom stereocenters. The summed E-state index contributed by atoms with van der Waals surface area (Å²) in [5.41, 5.74) is 3.24. The van der Waals surface area contributed by atoms with Crippen molar-refractivity contribution in [2.24, 2.45) is 5.10 Å². The molecule has 3 aromatic rings. The largest absolute Gasteiger partial charge is 0.464 e. The number of rotatable bonds is 2. The van der Waals surface area contributed by atoms with Gasteiger partial charge in [-0.15, -0.1) is 11.3 Å². The maximum absolute atomic E-state index is 6.37. The first-order valence-corrected chi connectivity index (χ1v) is 10.7. The third-order valence-corrected chi connectivity index (χ3v) is 6.64. The molecule has 5 nitrogen and oxygen atoms in total. The van der Waals surface area contributed by atoms with Crippen molar-refractivity contribution in [3.63, 3.8) is 0 Å². The van der Waals surface area contributed by atoms with Gasteiger partial charge in [0.1, 0.15) is 5.75 Å². The summed E-state index contributed by atoms with van der Waals surface area (Å²) in [6, 6.07) is 16.5. The van der Waals surface area contributed by atoms with Crippen molar-refractivity contribution < 1.29 is 14.2 Å². The van der Waals surface area contributed by atoms with Crippen LogP contribution in [0.15, 0.2) is 63.5 Å². The minimum Gasteiger partial charge on any atom is -0.464 e. The van der Waals surface area contributed by atoms with Gasteiger partial charge in [0.15, 0.2) is 11.5 Å². The van der Waals surface area contributed by atoms with E-state index in [9.17, 15) is 0 Å². The van der Waals surface area contributed by atoms with Gasteiger partial charge in [0.25, 0.3) is 0 Å². The number of fused-ring (bicyclic) bond motifs is 4. The quantitative estimate of drug-likeness (QED) is 0.513. The van der Waals surface area contributed by atoms with E-state index in [-0.39, 0.29) is 19.1 Å². The average molecular weight is 455 g/mol. The molecule has 0 aliphatic carbocycles. The first-order chi connectivity index (χ1) is 13.8. The lowest BCUT2D eigenvalue weighted by atomic mass is 9.96.